The summed E-state index contributed by atoms with van der Waals surface area (Å²) in [6.07, 6.45) is -6.23. The second-order valence-corrected chi connectivity index (χ2v) is 7.31. The van der Waals surface area contributed by atoms with Crippen LogP contribution >= 0.6 is 0 Å². The van der Waals surface area contributed by atoms with E-state index in [2.05, 4.69) is 0 Å². The maximum absolute atomic E-state index is 12.7. The molecule has 1 fully saturated rings. The molecule has 24 heavy (non-hydrogen) atoms. The van der Waals surface area contributed by atoms with Crippen LogP contribution in [0.3, 0.4) is 0 Å². The Kier molecular flexibility index (Phi) is 5.21. The highest BCUT2D eigenvalue weighted by atomic mass is 32.2. The van der Waals surface area contributed by atoms with Gasteiger partial charge in [0.1, 0.15) is 6.23 Å². The lowest BCUT2D eigenvalue weighted by Gasteiger charge is -2.27. The molecule has 0 unspecified atom stereocenters. The highest BCUT2D eigenvalue weighted by Crippen LogP contribution is 2.28. The number of sulfonamides is 1. The van der Waals surface area contributed by atoms with Gasteiger partial charge in [0.05, 0.1) is 10.9 Å². The van der Waals surface area contributed by atoms with Crippen molar-refractivity contribution in [2.45, 2.75) is 36.7 Å². The highest BCUT2D eigenvalue weighted by molar-refractivity contribution is 7.89. The van der Waals surface area contributed by atoms with Gasteiger partial charge < -0.3 is 10.1 Å². The second-order valence-electron chi connectivity index (χ2n) is 5.42. The van der Waals surface area contributed by atoms with Gasteiger partial charge >= 0.3 is 12.1 Å². The molecule has 1 N–H and O–H groups in total. The lowest BCUT2D eigenvalue weighted by molar-refractivity contribution is -0.175. The number of ether oxygens (including phenoxy) is 1. The summed E-state index contributed by atoms with van der Waals surface area (Å²) in [6.45, 7) is 1.74. The van der Waals surface area contributed by atoms with E-state index in [1.54, 1.807) is 24.4 Å². The van der Waals surface area contributed by atoms with Crippen LogP contribution in [0.1, 0.15) is 12.0 Å². The number of hydrogen-bond donors (Lipinski definition) is 1. The summed E-state index contributed by atoms with van der Waals surface area (Å²) in [5.41, 5.74) is 0.869. The standard InChI is InChI=1S/C14H17F3N2O4S/c1-9-3-5-10(6-4-9)24(21,22)19-8-7-11(12(19)23-2)18-13(20)14(15,16)17/h3-6,11-12H,7-8H2,1-2H3,(H,18,20)/t11-,12-/m1/s1. The van der Waals surface area contributed by atoms with E-state index in [0.717, 1.165) is 9.87 Å². The molecule has 2 atom stereocenters. The first kappa shape index (κ1) is 18.7. The van der Waals surface area contributed by atoms with E-state index in [1.165, 1.54) is 19.2 Å². The van der Waals surface area contributed by atoms with Gasteiger partial charge in [0.15, 0.2) is 0 Å². The van der Waals surface area contributed by atoms with Crippen LogP contribution in [0, 0.1) is 6.92 Å². The Balaban J connectivity index is 2.22. The largest absolute Gasteiger partial charge is 0.471 e. The van der Waals surface area contributed by atoms with Gasteiger partial charge in [-0.1, -0.05) is 17.7 Å². The number of nitrogens with one attached hydrogen (secondary N) is 1. The summed E-state index contributed by atoms with van der Waals surface area (Å²) in [5, 5.41) is 1.79. The molecule has 1 amide bonds. The Hall–Kier alpha value is -1.65. The maximum atomic E-state index is 12.7. The first-order valence-corrected chi connectivity index (χ1v) is 8.50. The third-order valence-electron chi connectivity index (χ3n) is 3.73. The smallest absolute Gasteiger partial charge is 0.363 e. The van der Waals surface area contributed by atoms with Crippen molar-refractivity contribution in [2.24, 2.45) is 0 Å². The zero-order chi connectivity index (χ0) is 18.1. The third kappa shape index (κ3) is 3.70. The topological polar surface area (TPSA) is 75.7 Å². The van der Waals surface area contributed by atoms with Gasteiger partial charge in [-0.25, -0.2) is 8.42 Å². The molecule has 1 aromatic rings. The van der Waals surface area contributed by atoms with E-state index in [1.807, 2.05) is 0 Å². The maximum Gasteiger partial charge on any atom is 0.471 e. The quantitative estimate of drug-likeness (QED) is 0.874. The van der Waals surface area contributed by atoms with Crippen LogP contribution in [0.2, 0.25) is 0 Å². The van der Waals surface area contributed by atoms with Crippen molar-refractivity contribution >= 4 is 15.9 Å². The number of methoxy groups -OCH3 is 1. The van der Waals surface area contributed by atoms with E-state index in [-0.39, 0.29) is 17.9 Å². The predicted octanol–water partition coefficient (Wildman–Crippen LogP) is 1.41. The summed E-state index contributed by atoms with van der Waals surface area (Å²) in [5.74, 6) is -2.12. The Bertz CT molecular complexity index is 704. The molecular formula is C14H17F3N2O4S. The first-order valence-electron chi connectivity index (χ1n) is 7.06. The van der Waals surface area contributed by atoms with E-state index in [0.29, 0.717) is 0 Å². The predicted molar refractivity (Wildman–Crippen MR) is 78.5 cm³/mol. The van der Waals surface area contributed by atoms with Crippen LogP contribution in [0.4, 0.5) is 13.2 Å². The van der Waals surface area contributed by atoms with E-state index in [4.69, 9.17) is 4.74 Å². The lowest BCUT2D eigenvalue weighted by Crippen LogP contribution is -2.50. The molecule has 0 aliphatic carbocycles. The van der Waals surface area contributed by atoms with Crippen molar-refractivity contribution in [3.05, 3.63) is 29.8 Å². The number of rotatable bonds is 4. The summed E-state index contributed by atoms with van der Waals surface area (Å²) >= 11 is 0. The summed E-state index contributed by atoms with van der Waals surface area (Å²) < 4.78 is 68.5. The lowest BCUT2D eigenvalue weighted by atomic mass is 10.2. The minimum atomic E-state index is -5.04. The summed E-state index contributed by atoms with van der Waals surface area (Å²) in [4.78, 5) is 11.1. The van der Waals surface area contributed by atoms with Gasteiger partial charge in [-0.05, 0) is 25.5 Å². The molecule has 6 nitrogen and oxygen atoms in total. The SMILES string of the molecule is CO[C@@H]1[C@H](NC(=O)C(F)(F)F)CCN1S(=O)(=O)c1ccc(C)cc1. The molecule has 0 aromatic heterocycles. The molecule has 10 heteroatoms. The molecule has 0 saturated carbocycles. The van der Waals surface area contributed by atoms with Crippen molar-refractivity contribution in [3.63, 3.8) is 0 Å². The number of hydrogen-bond acceptors (Lipinski definition) is 4. The summed E-state index contributed by atoms with van der Waals surface area (Å²) in [7, 11) is -2.76. The molecule has 0 bridgehead atoms. The molecule has 1 aliphatic heterocycles. The van der Waals surface area contributed by atoms with Crippen molar-refractivity contribution in [1.29, 1.82) is 0 Å². The fraction of sp³-hybridized carbons (Fsp3) is 0.500. The van der Waals surface area contributed by atoms with Crippen molar-refractivity contribution < 1.29 is 31.1 Å². The van der Waals surface area contributed by atoms with E-state index in [9.17, 15) is 26.4 Å². The molecule has 0 radical (unpaired) electrons. The zero-order valence-electron chi connectivity index (χ0n) is 13.0. The molecular weight excluding hydrogens is 349 g/mol. The van der Waals surface area contributed by atoms with Crippen LogP contribution in [0.5, 0.6) is 0 Å². The van der Waals surface area contributed by atoms with Crippen LogP contribution in [-0.4, -0.2) is 50.7 Å². The number of amides is 1. The van der Waals surface area contributed by atoms with Crippen molar-refractivity contribution in [1.82, 2.24) is 9.62 Å². The summed E-state index contributed by atoms with van der Waals surface area (Å²) in [6, 6.07) is 4.99. The monoisotopic (exact) mass is 366 g/mol. The molecule has 0 spiro atoms. The Labute approximate surface area is 137 Å². The molecule has 1 heterocycles. The highest BCUT2D eigenvalue weighted by Gasteiger charge is 2.46. The van der Waals surface area contributed by atoms with Gasteiger partial charge in [-0.2, -0.15) is 17.5 Å². The zero-order valence-corrected chi connectivity index (χ0v) is 13.8. The minimum absolute atomic E-state index is 0.0120. The van der Waals surface area contributed by atoms with Gasteiger partial charge in [0.2, 0.25) is 10.0 Å². The number of benzene rings is 1. The number of aryl methyl sites for hydroxylation is 1. The van der Waals surface area contributed by atoms with Gasteiger partial charge in [-0.15, -0.1) is 0 Å². The molecule has 1 aromatic carbocycles. The van der Waals surface area contributed by atoms with Crippen LogP contribution in [-0.2, 0) is 19.6 Å². The number of halogens is 3. The Morgan fingerprint density at radius 3 is 2.38 bits per heavy atom. The fourth-order valence-corrected chi connectivity index (χ4v) is 4.12. The van der Waals surface area contributed by atoms with Crippen LogP contribution in [0.25, 0.3) is 0 Å². The Morgan fingerprint density at radius 2 is 1.88 bits per heavy atom. The van der Waals surface area contributed by atoms with E-state index < -0.39 is 34.4 Å². The molecule has 1 saturated heterocycles. The van der Waals surface area contributed by atoms with Crippen molar-refractivity contribution in [3.8, 4) is 0 Å². The van der Waals surface area contributed by atoms with Crippen LogP contribution < -0.4 is 5.32 Å². The first-order chi connectivity index (χ1) is 11.1. The van der Waals surface area contributed by atoms with Gasteiger partial charge in [-0.3, -0.25) is 4.79 Å². The Morgan fingerprint density at radius 1 is 1.29 bits per heavy atom. The van der Waals surface area contributed by atoms with Crippen LogP contribution in [0.15, 0.2) is 29.2 Å². The minimum Gasteiger partial charge on any atom is -0.363 e. The average Bonchev–Trinajstić information content (AvgIpc) is 2.90. The molecule has 2 rings (SSSR count). The molecule has 134 valence electrons. The number of nitrogens with zero attached hydrogens (tertiary/aromatic N) is 1. The average molecular weight is 366 g/mol. The fourth-order valence-electron chi connectivity index (χ4n) is 2.51. The van der Waals surface area contributed by atoms with Gasteiger partial charge in [0.25, 0.3) is 0 Å². The van der Waals surface area contributed by atoms with E-state index >= 15 is 0 Å². The number of carbonyl (C=O) groups excluding carboxylic acids is 1. The normalized spacial score (nSPS) is 22.5. The third-order valence-corrected chi connectivity index (χ3v) is 5.61. The van der Waals surface area contributed by atoms with Gasteiger partial charge in [0, 0.05) is 13.7 Å². The number of carbonyl (C=O) groups is 1. The van der Waals surface area contributed by atoms with Crippen molar-refractivity contribution in [2.75, 3.05) is 13.7 Å². The number of alkyl halides is 3. The second kappa shape index (κ2) is 6.69. The molecule has 1 aliphatic rings.